The number of hydrogen-bond donors (Lipinski definition) is 1. The number of aliphatic hydroxyl groups is 1. The third-order valence-corrected chi connectivity index (χ3v) is 3.77. The van der Waals surface area contributed by atoms with E-state index < -0.39 is 0 Å². The van der Waals surface area contributed by atoms with Gasteiger partial charge in [0.25, 0.3) is 0 Å². The van der Waals surface area contributed by atoms with Gasteiger partial charge in [0.1, 0.15) is 0 Å². The summed E-state index contributed by atoms with van der Waals surface area (Å²) in [5.74, 6) is 4.04. The lowest BCUT2D eigenvalue weighted by molar-refractivity contribution is 0.275. The van der Waals surface area contributed by atoms with Gasteiger partial charge in [-0.25, -0.2) is 0 Å². The third-order valence-electron chi connectivity index (χ3n) is 3.77. The zero-order valence-electron chi connectivity index (χ0n) is 8.00. The van der Waals surface area contributed by atoms with E-state index in [0.717, 1.165) is 30.1 Å². The molecule has 0 spiro atoms. The Bertz CT molecular complexity index is 155. The van der Waals surface area contributed by atoms with Crippen molar-refractivity contribution < 1.29 is 5.11 Å². The highest BCUT2D eigenvalue weighted by Gasteiger charge is 2.44. The first-order valence-corrected chi connectivity index (χ1v) is 5.46. The normalized spacial score (nSPS) is 44.5. The molecule has 2 aliphatic carbocycles. The molecule has 4 atom stereocenters. The maximum Gasteiger partial charge on any atom is 0.0433 e. The van der Waals surface area contributed by atoms with Crippen molar-refractivity contribution in [3.63, 3.8) is 0 Å². The minimum Gasteiger partial charge on any atom is -0.396 e. The van der Waals surface area contributed by atoms with Crippen LogP contribution >= 0.6 is 0 Å². The Balaban J connectivity index is 1.59. The molecule has 2 aliphatic rings. The molecule has 0 aromatic rings. The third kappa shape index (κ3) is 1.82. The van der Waals surface area contributed by atoms with Gasteiger partial charge in [-0.1, -0.05) is 13.3 Å². The molecule has 0 aliphatic heterocycles. The van der Waals surface area contributed by atoms with Crippen molar-refractivity contribution in [2.45, 2.75) is 39.0 Å². The summed E-state index contributed by atoms with van der Waals surface area (Å²) in [4.78, 5) is 0. The largest absolute Gasteiger partial charge is 0.396 e. The summed E-state index contributed by atoms with van der Waals surface area (Å²) < 4.78 is 0. The molecule has 1 nitrogen and oxygen atoms in total. The second-order valence-corrected chi connectivity index (χ2v) is 4.67. The first-order chi connectivity index (χ1) is 5.85. The first-order valence-electron chi connectivity index (χ1n) is 5.46. The number of aliphatic hydroxyl groups excluding tert-OH is 1. The predicted octanol–water partition coefficient (Wildman–Crippen LogP) is 2.44. The molecule has 70 valence electrons. The van der Waals surface area contributed by atoms with Crippen molar-refractivity contribution in [1.29, 1.82) is 0 Å². The maximum atomic E-state index is 8.74. The molecule has 2 saturated carbocycles. The fourth-order valence-corrected chi connectivity index (χ4v) is 2.61. The summed E-state index contributed by atoms with van der Waals surface area (Å²) in [6, 6.07) is 0. The van der Waals surface area contributed by atoms with Crippen molar-refractivity contribution in [3.8, 4) is 0 Å². The average molecular weight is 168 g/mol. The van der Waals surface area contributed by atoms with E-state index in [-0.39, 0.29) is 0 Å². The van der Waals surface area contributed by atoms with Crippen molar-refractivity contribution in [2.24, 2.45) is 23.7 Å². The molecule has 0 aromatic heterocycles. The molecule has 1 heteroatoms. The molecule has 0 aromatic carbocycles. The fourth-order valence-electron chi connectivity index (χ4n) is 2.61. The molecule has 12 heavy (non-hydrogen) atoms. The van der Waals surface area contributed by atoms with Crippen molar-refractivity contribution in [1.82, 2.24) is 0 Å². The summed E-state index contributed by atoms with van der Waals surface area (Å²) >= 11 is 0. The molecule has 0 bridgehead atoms. The predicted molar refractivity (Wildman–Crippen MR) is 49.8 cm³/mol. The summed E-state index contributed by atoms with van der Waals surface area (Å²) in [5.41, 5.74) is 0. The van der Waals surface area contributed by atoms with Gasteiger partial charge < -0.3 is 5.11 Å². The number of rotatable bonds is 5. The summed E-state index contributed by atoms with van der Waals surface area (Å²) in [5, 5.41) is 8.74. The maximum absolute atomic E-state index is 8.74. The Morgan fingerprint density at radius 2 is 1.75 bits per heavy atom. The van der Waals surface area contributed by atoms with E-state index in [0.29, 0.717) is 6.61 Å². The Labute approximate surface area is 75.2 Å². The van der Waals surface area contributed by atoms with Gasteiger partial charge in [-0.2, -0.15) is 0 Å². The van der Waals surface area contributed by atoms with E-state index in [1.807, 2.05) is 0 Å². The van der Waals surface area contributed by atoms with Crippen LogP contribution in [0.3, 0.4) is 0 Å². The van der Waals surface area contributed by atoms with Gasteiger partial charge >= 0.3 is 0 Å². The lowest BCUT2D eigenvalue weighted by atomic mass is 10.1. The molecule has 4 unspecified atom stereocenters. The van der Waals surface area contributed by atoms with Crippen LogP contribution in [0.5, 0.6) is 0 Å². The van der Waals surface area contributed by atoms with Crippen LogP contribution in [0.2, 0.25) is 0 Å². The van der Waals surface area contributed by atoms with E-state index >= 15 is 0 Å². The highest BCUT2D eigenvalue weighted by molar-refractivity contribution is 4.94. The van der Waals surface area contributed by atoms with E-state index in [4.69, 9.17) is 5.11 Å². The van der Waals surface area contributed by atoms with Gasteiger partial charge in [0.15, 0.2) is 0 Å². The SMILES string of the molecule is CCC1CC1CC1CC1CCO. The van der Waals surface area contributed by atoms with Crippen LogP contribution in [-0.4, -0.2) is 11.7 Å². The van der Waals surface area contributed by atoms with E-state index in [1.54, 1.807) is 0 Å². The van der Waals surface area contributed by atoms with Crippen LogP contribution in [-0.2, 0) is 0 Å². The smallest absolute Gasteiger partial charge is 0.0433 e. The van der Waals surface area contributed by atoms with E-state index in [1.165, 1.54) is 25.7 Å². The fraction of sp³-hybridized carbons (Fsp3) is 1.00. The molecular weight excluding hydrogens is 148 g/mol. The van der Waals surface area contributed by atoms with Gasteiger partial charge in [-0.05, 0) is 49.4 Å². The summed E-state index contributed by atoms with van der Waals surface area (Å²) in [6.07, 6.45) is 6.84. The molecular formula is C11H20O. The van der Waals surface area contributed by atoms with Crippen molar-refractivity contribution in [3.05, 3.63) is 0 Å². The van der Waals surface area contributed by atoms with Crippen LogP contribution in [0.4, 0.5) is 0 Å². The lowest BCUT2D eigenvalue weighted by Crippen LogP contribution is -1.90. The molecule has 0 amide bonds. The second kappa shape index (κ2) is 3.37. The Hall–Kier alpha value is -0.0400. The van der Waals surface area contributed by atoms with Crippen LogP contribution in [0.25, 0.3) is 0 Å². The van der Waals surface area contributed by atoms with Gasteiger partial charge in [0.05, 0.1) is 0 Å². The molecule has 2 rings (SSSR count). The zero-order chi connectivity index (χ0) is 8.55. The minimum atomic E-state index is 0.406. The second-order valence-electron chi connectivity index (χ2n) is 4.67. The number of hydrogen-bond acceptors (Lipinski definition) is 1. The van der Waals surface area contributed by atoms with Crippen LogP contribution < -0.4 is 0 Å². The molecule has 1 N–H and O–H groups in total. The van der Waals surface area contributed by atoms with Gasteiger partial charge in [-0.3, -0.25) is 0 Å². The van der Waals surface area contributed by atoms with Crippen LogP contribution in [0.1, 0.15) is 39.0 Å². The molecule has 0 heterocycles. The van der Waals surface area contributed by atoms with Gasteiger partial charge in [0.2, 0.25) is 0 Å². The summed E-state index contributed by atoms with van der Waals surface area (Å²) in [6.45, 7) is 2.71. The highest BCUT2D eigenvalue weighted by atomic mass is 16.3. The minimum absolute atomic E-state index is 0.406. The van der Waals surface area contributed by atoms with Gasteiger partial charge in [0, 0.05) is 6.61 Å². The monoisotopic (exact) mass is 168 g/mol. The molecule has 0 radical (unpaired) electrons. The van der Waals surface area contributed by atoms with Crippen molar-refractivity contribution in [2.75, 3.05) is 6.61 Å². The molecule has 0 saturated heterocycles. The Kier molecular flexibility index (Phi) is 2.40. The Morgan fingerprint density at radius 3 is 2.33 bits per heavy atom. The summed E-state index contributed by atoms with van der Waals surface area (Å²) in [7, 11) is 0. The topological polar surface area (TPSA) is 20.2 Å². The first kappa shape index (κ1) is 8.55. The zero-order valence-corrected chi connectivity index (χ0v) is 8.00. The highest BCUT2D eigenvalue weighted by Crippen LogP contribution is 2.53. The van der Waals surface area contributed by atoms with E-state index in [2.05, 4.69) is 6.92 Å². The van der Waals surface area contributed by atoms with E-state index in [9.17, 15) is 0 Å². The average Bonchev–Trinajstić information content (AvgIpc) is 2.93. The standard InChI is InChI=1S/C11H20O/c1-2-8-5-10(8)7-11-6-9(11)3-4-12/h8-12H,2-7H2,1H3. The van der Waals surface area contributed by atoms with Crippen molar-refractivity contribution >= 4 is 0 Å². The Morgan fingerprint density at radius 1 is 1.08 bits per heavy atom. The quantitative estimate of drug-likeness (QED) is 0.668. The van der Waals surface area contributed by atoms with Crippen LogP contribution in [0.15, 0.2) is 0 Å². The van der Waals surface area contributed by atoms with Gasteiger partial charge in [-0.15, -0.1) is 0 Å². The lowest BCUT2D eigenvalue weighted by Gasteiger charge is -1.97. The molecule has 2 fully saturated rings. The van der Waals surface area contributed by atoms with Crippen LogP contribution in [0, 0.1) is 23.7 Å².